The predicted octanol–water partition coefficient (Wildman–Crippen LogP) is 4.06. The minimum atomic E-state index is -0.943. The van der Waals surface area contributed by atoms with Gasteiger partial charge in [-0.05, 0) is 48.6 Å². The van der Waals surface area contributed by atoms with Gasteiger partial charge in [-0.15, -0.1) is 0 Å². The van der Waals surface area contributed by atoms with Crippen molar-refractivity contribution < 1.29 is 14.3 Å². The van der Waals surface area contributed by atoms with Crippen LogP contribution in [0.1, 0.15) is 39.9 Å². The van der Waals surface area contributed by atoms with Gasteiger partial charge >= 0.3 is 5.97 Å². The molecular weight excluding hydrogens is 411 g/mol. The number of hydrogen-bond acceptors (Lipinski definition) is 5. The van der Waals surface area contributed by atoms with E-state index in [1.54, 1.807) is 30.1 Å². The standard InChI is InChI=1S/C23H21FN6O2/c1-30-19-9-15(3-2-14(19)8-20(30)23(31)32)21-25-12-18(24)22(29-21)28-17-6-4-13(5-7-17)16-10-26-27-11-16/h4-8,10-12,15H,2-3,9H2,1H3,(H,26,27)(H,31,32)(H,25,28,29). The molecule has 8 nitrogen and oxygen atoms in total. The number of rotatable bonds is 5. The molecule has 1 unspecified atom stereocenters. The van der Waals surface area contributed by atoms with E-state index < -0.39 is 11.8 Å². The smallest absolute Gasteiger partial charge is 0.352 e. The van der Waals surface area contributed by atoms with Gasteiger partial charge in [-0.2, -0.15) is 5.10 Å². The molecule has 0 aliphatic heterocycles. The molecule has 1 aliphatic carbocycles. The molecule has 162 valence electrons. The summed E-state index contributed by atoms with van der Waals surface area (Å²) < 4.78 is 16.2. The van der Waals surface area contributed by atoms with E-state index in [4.69, 9.17) is 0 Å². The van der Waals surface area contributed by atoms with Crippen molar-refractivity contribution in [3.05, 3.63) is 77.5 Å². The highest BCUT2D eigenvalue weighted by molar-refractivity contribution is 5.86. The van der Waals surface area contributed by atoms with E-state index in [-0.39, 0.29) is 17.4 Å². The molecule has 1 aliphatic rings. The maximum Gasteiger partial charge on any atom is 0.352 e. The number of H-pyrrole nitrogens is 1. The first-order valence-corrected chi connectivity index (χ1v) is 10.3. The van der Waals surface area contributed by atoms with Crippen molar-refractivity contribution in [1.82, 2.24) is 24.7 Å². The van der Waals surface area contributed by atoms with Crippen molar-refractivity contribution in [1.29, 1.82) is 0 Å². The Hall–Kier alpha value is -4.01. The van der Waals surface area contributed by atoms with Crippen molar-refractivity contribution in [2.45, 2.75) is 25.2 Å². The Kier molecular flexibility index (Phi) is 4.93. The number of anilines is 2. The summed E-state index contributed by atoms with van der Waals surface area (Å²) in [6.07, 6.45) is 6.86. The molecule has 3 aromatic heterocycles. The van der Waals surface area contributed by atoms with E-state index in [0.717, 1.165) is 35.2 Å². The van der Waals surface area contributed by atoms with E-state index >= 15 is 0 Å². The number of aromatic amines is 1. The van der Waals surface area contributed by atoms with Crippen LogP contribution in [0.15, 0.2) is 48.9 Å². The molecule has 4 aromatic rings. The third kappa shape index (κ3) is 3.62. The van der Waals surface area contributed by atoms with Crippen molar-refractivity contribution in [3.63, 3.8) is 0 Å². The Morgan fingerprint density at radius 1 is 1.25 bits per heavy atom. The molecule has 0 saturated carbocycles. The van der Waals surface area contributed by atoms with Gasteiger partial charge in [-0.25, -0.2) is 19.2 Å². The highest BCUT2D eigenvalue weighted by Gasteiger charge is 2.28. The van der Waals surface area contributed by atoms with Gasteiger partial charge in [0.15, 0.2) is 11.6 Å². The number of carboxylic acids is 1. The first-order valence-electron chi connectivity index (χ1n) is 10.3. The van der Waals surface area contributed by atoms with Crippen molar-refractivity contribution >= 4 is 17.5 Å². The SMILES string of the molecule is Cn1c(C(=O)O)cc2c1CC(c1ncc(F)c(Nc3ccc(-c4cn[nH]c4)cc3)n1)CC2. The maximum absolute atomic E-state index is 14.5. The number of nitrogens with one attached hydrogen (secondary N) is 2. The van der Waals surface area contributed by atoms with Gasteiger partial charge in [0.1, 0.15) is 11.5 Å². The molecule has 0 saturated heterocycles. The monoisotopic (exact) mass is 432 g/mol. The Morgan fingerprint density at radius 2 is 2.06 bits per heavy atom. The summed E-state index contributed by atoms with van der Waals surface area (Å²) in [5, 5.41) is 19.1. The van der Waals surface area contributed by atoms with Crippen LogP contribution in [0.3, 0.4) is 0 Å². The van der Waals surface area contributed by atoms with Crippen LogP contribution in [-0.4, -0.2) is 35.8 Å². The Balaban J connectivity index is 1.37. The molecule has 0 amide bonds. The van der Waals surface area contributed by atoms with E-state index in [1.165, 1.54) is 6.20 Å². The summed E-state index contributed by atoms with van der Waals surface area (Å²) in [4.78, 5) is 20.1. The molecule has 0 radical (unpaired) electrons. The molecule has 5 rings (SSSR count). The average molecular weight is 432 g/mol. The molecule has 32 heavy (non-hydrogen) atoms. The van der Waals surface area contributed by atoms with E-state index in [9.17, 15) is 14.3 Å². The van der Waals surface area contributed by atoms with Gasteiger partial charge in [0.05, 0.1) is 12.4 Å². The van der Waals surface area contributed by atoms with Crippen LogP contribution >= 0.6 is 0 Å². The van der Waals surface area contributed by atoms with Crippen molar-refractivity contribution in [2.24, 2.45) is 7.05 Å². The first kappa shape index (κ1) is 19.9. The van der Waals surface area contributed by atoms with Crippen LogP contribution in [0.25, 0.3) is 11.1 Å². The van der Waals surface area contributed by atoms with Crippen molar-refractivity contribution in [2.75, 3.05) is 5.32 Å². The second kappa shape index (κ2) is 7.92. The lowest BCUT2D eigenvalue weighted by molar-refractivity contribution is 0.0686. The second-order valence-electron chi connectivity index (χ2n) is 7.92. The number of carbonyl (C=O) groups is 1. The largest absolute Gasteiger partial charge is 0.477 e. The third-order valence-electron chi connectivity index (χ3n) is 5.98. The Morgan fingerprint density at radius 3 is 2.78 bits per heavy atom. The fourth-order valence-electron chi connectivity index (χ4n) is 4.24. The summed E-state index contributed by atoms with van der Waals surface area (Å²) in [6, 6.07) is 9.29. The van der Waals surface area contributed by atoms with Crippen molar-refractivity contribution in [3.8, 4) is 11.1 Å². The molecule has 3 N–H and O–H groups in total. The van der Waals surface area contributed by atoms with Crippen LogP contribution < -0.4 is 5.32 Å². The summed E-state index contributed by atoms with van der Waals surface area (Å²) >= 11 is 0. The number of aromatic nitrogens is 5. The molecule has 3 heterocycles. The summed E-state index contributed by atoms with van der Waals surface area (Å²) in [7, 11) is 1.76. The Bertz CT molecular complexity index is 1280. The van der Waals surface area contributed by atoms with Gasteiger partial charge in [-0.1, -0.05) is 12.1 Å². The van der Waals surface area contributed by atoms with Crippen LogP contribution in [0.2, 0.25) is 0 Å². The summed E-state index contributed by atoms with van der Waals surface area (Å²) in [6.45, 7) is 0. The molecular formula is C23H21FN6O2. The third-order valence-corrected chi connectivity index (χ3v) is 5.98. The summed E-state index contributed by atoms with van der Waals surface area (Å²) in [5.41, 5.74) is 4.96. The van der Waals surface area contributed by atoms with Crippen LogP contribution in [0.4, 0.5) is 15.9 Å². The zero-order valence-electron chi connectivity index (χ0n) is 17.3. The predicted molar refractivity (Wildman–Crippen MR) is 116 cm³/mol. The summed E-state index contributed by atoms with van der Waals surface area (Å²) in [5.74, 6) is -0.817. The lowest BCUT2D eigenvalue weighted by Crippen LogP contribution is -2.18. The first-order chi connectivity index (χ1) is 15.5. The van der Waals surface area contributed by atoms with Crippen LogP contribution in [0.5, 0.6) is 0 Å². The number of hydrogen-bond donors (Lipinski definition) is 3. The zero-order chi connectivity index (χ0) is 22.2. The second-order valence-corrected chi connectivity index (χ2v) is 7.92. The van der Waals surface area contributed by atoms with E-state index in [0.29, 0.717) is 17.9 Å². The van der Waals surface area contributed by atoms with Gasteiger partial charge in [0.2, 0.25) is 0 Å². The number of nitrogens with zero attached hydrogens (tertiary/aromatic N) is 4. The molecule has 0 bridgehead atoms. The van der Waals surface area contributed by atoms with E-state index in [1.807, 2.05) is 24.3 Å². The number of aromatic carboxylic acids is 1. The molecule has 1 aromatic carbocycles. The van der Waals surface area contributed by atoms with Crippen LogP contribution in [0, 0.1) is 5.82 Å². The molecule has 0 fully saturated rings. The lowest BCUT2D eigenvalue weighted by atomic mass is 9.87. The number of aryl methyl sites for hydroxylation is 1. The van der Waals surface area contributed by atoms with Gasteiger partial charge in [0, 0.05) is 36.1 Å². The molecule has 9 heteroatoms. The number of benzene rings is 1. The highest BCUT2D eigenvalue weighted by atomic mass is 19.1. The van der Waals surface area contributed by atoms with Gasteiger partial charge in [-0.3, -0.25) is 5.10 Å². The number of carboxylic acid groups (broad SMARTS) is 1. The number of halogens is 1. The average Bonchev–Trinajstić information content (AvgIpc) is 3.44. The fourth-order valence-corrected chi connectivity index (χ4v) is 4.24. The normalized spacial score (nSPS) is 15.4. The zero-order valence-corrected chi connectivity index (χ0v) is 17.3. The Labute approximate surface area is 183 Å². The fraction of sp³-hybridized carbons (Fsp3) is 0.217. The van der Waals surface area contributed by atoms with Gasteiger partial charge in [0.25, 0.3) is 0 Å². The minimum absolute atomic E-state index is 0.0117. The number of fused-ring (bicyclic) bond motifs is 1. The quantitative estimate of drug-likeness (QED) is 0.439. The lowest BCUT2D eigenvalue weighted by Gasteiger charge is -2.23. The highest BCUT2D eigenvalue weighted by Crippen LogP contribution is 2.33. The molecule has 1 atom stereocenters. The van der Waals surface area contributed by atoms with Gasteiger partial charge < -0.3 is 15.0 Å². The van der Waals surface area contributed by atoms with Crippen LogP contribution in [-0.2, 0) is 19.9 Å². The topological polar surface area (TPSA) is 109 Å². The van der Waals surface area contributed by atoms with E-state index in [2.05, 4.69) is 25.5 Å². The molecule has 0 spiro atoms. The maximum atomic E-state index is 14.5. The minimum Gasteiger partial charge on any atom is -0.477 e.